The molecule has 0 bridgehead atoms. The third-order valence-corrected chi connectivity index (χ3v) is 3.12. The number of amides is 1. The van der Waals surface area contributed by atoms with E-state index in [0.717, 1.165) is 18.8 Å². The number of anilines is 1. The lowest BCUT2D eigenvalue weighted by molar-refractivity contribution is -0.135. The number of methoxy groups -OCH3 is 1. The summed E-state index contributed by atoms with van der Waals surface area (Å²) in [5.41, 5.74) is 0.830. The minimum atomic E-state index is 0.0226. The predicted octanol–water partition coefficient (Wildman–Crippen LogP) is 0.687. The van der Waals surface area contributed by atoms with Crippen LogP contribution in [0.25, 0.3) is 0 Å². The number of nitrogens with zero attached hydrogens (tertiary/aromatic N) is 2. The van der Waals surface area contributed by atoms with Gasteiger partial charge < -0.3 is 19.6 Å². The fourth-order valence-electron chi connectivity index (χ4n) is 2.14. The molecule has 98 valence electrons. The molecule has 0 saturated carbocycles. The van der Waals surface area contributed by atoms with Gasteiger partial charge in [0.15, 0.2) is 0 Å². The number of piperazine rings is 1. The number of hydrogen-bond acceptors (Lipinski definition) is 4. The molecule has 1 aromatic rings. The van der Waals surface area contributed by atoms with Gasteiger partial charge in [0.25, 0.3) is 0 Å². The summed E-state index contributed by atoms with van der Waals surface area (Å²) in [6, 6.07) is 7.27. The molecule has 0 unspecified atom stereocenters. The number of ether oxygens (including phenoxy) is 1. The topological polar surface area (TPSA) is 53.0 Å². The normalized spacial score (nSPS) is 15.8. The van der Waals surface area contributed by atoms with Crippen molar-refractivity contribution in [3.05, 3.63) is 24.3 Å². The zero-order valence-corrected chi connectivity index (χ0v) is 10.5. The monoisotopic (exact) mass is 250 g/mol. The molecule has 1 aromatic carbocycles. The first-order valence-electron chi connectivity index (χ1n) is 6.02. The maximum absolute atomic E-state index is 11.6. The molecule has 1 aliphatic rings. The molecule has 1 saturated heterocycles. The lowest BCUT2D eigenvalue weighted by atomic mass is 10.2. The summed E-state index contributed by atoms with van der Waals surface area (Å²) >= 11 is 0. The summed E-state index contributed by atoms with van der Waals surface area (Å²) in [5, 5.41) is 9.78. The molecule has 0 spiro atoms. The molecule has 5 nitrogen and oxygen atoms in total. The summed E-state index contributed by atoms with van der Waals surface area (Å²) in [6.45, 7) is 2.92. The Bertz CT molecular complexity index is 414. The van der Waals surface area contributed by atoms with E-state index in [4.69, 9.17) is 4.74 Å². The molecule has 2 rings (SSSR count). The molecule has 0 atom stereocenters. The molecule has 18 heavy (non-hydrogen) atoms. The Morgan fingerprint density at radius 1 is 1.28 bits per heavy atom. The maximum Gasteiger partial charge on any atom is 0.248 e. The number of aromatic hydroxyl groups is 1. The zero-order chi connectivity index (χ0) is 13.0. The lowest BCUT2D eigenvalue weighted by Crippen LogP contribution is -2.49. The van der Waals surface area contributed by atoms with Crippen molar-refractivity contribution in [2.24, 2.45) is 0 Å². The molecule has 1 heterocycles. The fraction of sp³-hybridized carbons (Fsp3) is 0.462. The number of carbonyl (C=O) groups excluding carboxylic acids is 1. The smallest absolute Gasteiger partial charge is 0.248 e. The van der Waals surface area contributed by atoms with Crippen LogP contribution in [0.5, 0.6) is 5.75 Å². The van der Waals surface area contributed by atoms with Crippen LogP contribution in [0, 0.1) is 0 Å². The van der Waals surface area contributed by atoms with Crippen LogP contribution in [0.1, 0.15) is 0 Å². The highest BCUT2D eigenvalue weighted by molar-refractivity contribution is 5.77. The standard InChI is InChI=1S/C13H18N2O3/c1-18-10-13(17)15-8-6-14(7-9-15)11-4-2-3-5-12(11)16/h2-5,16H,6-10H2,1H3. The first kappa shape index (κ1) is 12.7. The average Bonchev–Trinajstić information content (AvgIpc) is 2.40. The van der Waals surface area contributed by atoms with Gasteiger partial charge in [0.1, 0.15) is 12.4 Å². The van der Waals surface area contributed by atoms with Gasteiger partial charge in [0, 0.05) is 33.3 Å². The Morgan fingerprint density at radius 2 is 1.94 bits per heavy atom. The summed E-state index contributed by atoms with van der Waals surface area (Å²) in [6.07, 6.45) is 0. The van der Waals surface area contributed by atoms with Crippen molar-refractivity contribution in [1.29, 1.82) is 0 Å². The van der Waals surface area contributed by atoms with Crippen LogP contribution in [0.3, 0.4) is 0 Å². The van der Waals surface area contributed by atoms with E-state index in [1.54, 1.807) is 17.0 Å². The first-order chi connectivity index (χ1) is 8.72. The van der Waals surface area contributed by atoms with E-state index in [-0.39, 0.29) is 18.3 Å². The Morgan fingerprint density at radius 3 is 2.56 bits per heavy atom. The van der Waals surface area contributed by atoms with E-state index >= 15 is 0 Å². The van der Waals surface area contributed by atoms with Crippen molar-refractivity contribution in [1.82, 2.24) is 4.90 Å². The Balaban J connectivity index is 1.95. The second-order valence-corrected chi connectivity index (χ2v) is 4.29. The molecule has 0 aromatic heterocycles. The van der Waals surface area contributed by atoms with Gasteiger partial charge in [-0.25, -0.2) is 0 Å². The van der Waals surface area contributed by atoms with Crippen molar-refractivity contribution in [2.75, 3.05) is 44.8 Å². The second kappa shape index (κ2) is 5.73. The van der Waals surface area contributed by atoms with Crippen LogP contribution in [-0.4, -0.2) is 55.8 Å². The largest absolute Gasteiger partial charge is 0.506 e. The average molecular weight is 250 g/mol. The van der Waals surface area contributed by atoms with E-state index in [2.05, 4.69) is 4.90 Å². The van der Waals surface area contributed by atoms with Crippen LogP contribution in [0.15, 0.2) is 24.3 Å². The Labute approximate surface area is 107 Å². The molecular weight excluding hydrogens is 232 g/mol. The Kier molecular flexibility index (Phi) is 4.04. The highest BCUT2D eigenvalue weighted by Gasteiger charge is 2.22. The Hall–Kier alpha value is -1.75. The van der Waals surface area contributed by atoms with E-state index in [1.807, 2.05) is 12.1 Å². The van der Waals surface area contributed by atoms with Gasteiger partial charge in [-0.15, -0.1) is 0 Å². The number of para-hydroxylation sites is 2. The number of phenolic OH excluding ortho intramolecular Hbond substituents is 1. The van der Waals surface area contributed by atoms with E-state index in [9.17, 15) is 9.90 Å². The molecule has 5 heteroatoms. The third-order valence-electron chi connectivity index (χ3n) is 3.12. The van der Waals surface area contributed by atoms with Crippen LogP contribution < -0.4 is 4.90 Å². The fourth-order valence-corrected chi connectivity index (χ4v) is 2.14. The summed E-state index contributed by atoms with van der Waals surface area (Å²) in [5.74, 6) is 0.309. The van der Waals surface area contributed by atoms with E-state index in [1.165, 1.54) is 7.11 Å². The van der Waals surface area contributed by atoms with Gasteiger partial charge in [0.2, 0.25) is 5.91 Å². The van der Waals surface area contributed by atoms with Gasteiger partial charge in [0.05, 0.1) is 5.69 Å². The molecule has 1 aliphatic heterocycles. The van der Waals surface area contributed by atoms with Crippen molar-refractivity contribution in [3.63, 3.8) is 0 Å². The van der Waals surface area contributed by atoms with Crippen LogP contribution >= 0.6 is 0 Å². The minimum Gasteiger partial charge on any atom is -0.506 e. The molecular formula is C13H18N2O3. The number of hydrogen-bond donors (Lipinski definition) is 1. The van der Waals surface area contributed by atoms with Crippen LogP contribution in [0.2, 0.25) is 0 Å². The third kappa shape index (κ3) is 2.73. The highest BCUT2D eigenvalue weighted by atomic mass is 16.5. The van der Waals surface area contributed by atoms with E-state index < -0.39 is 0 Å². The maximum atomic E-state index is 11.6. The highest BCUT2D eigenvalue weighted by Crippen LogP contribution is 2.27. The number of rotatable bonds is 3. The first-order valence-corrected chi connectivity index (χ1v) is 6.02. The zero-order valence-electron chi connectivity index (χ0n) is 10.5. The molecule has 0 aliphatic carbocycles. The second-order valence-electron chi connectivity index (χ2n) is 4.29. The SMILES string of the molecule is COCC(=O)N1CCN(c2ccccc2O)CC1. The summed E-state index contributed by atoms with van der Waals surface area (Å²) in [4.78, 5) is 15.5. The van der Waals surface area contributed by atoms with Gasteiger partial charge in [-0.05, 0) is 12.1 Å². The minimum absolute atomic E-state index is 0.0226. The predicted molar refractivity (Wildman–Crippen MR) is 68.8 cm³/mol. The van der Waals surface area contributed by atoms with Crippen molar-refractivity contribution < 1.29 is 14.6 Å². The summed E-state index contributed by atoms with van der Waals surface area (Å²) < 4.78 is 4.84. The van der Waals surface area contributed by atoms with Crippen LogP contribution in [-0.2, 0) is 9.53 Å². The quantitative estimate of drug-likeness (QED) is 0.857. The molecule has 1 amide bonds. The van der Waals surface area contributed by atoms with Crippen molar-refractivity contribution >= 4 is 11.6 Å². The van der Waals surface area contributed by atoms with Crippen molar-refractivity contribution in [3.8, 4) is 5.75 Å². The van der Waals surface area contributed by atoms with Gasteiger partial charge in [-0.3, -0.25) is 4.79 Å². The van der Waals surface area contributed by atoms with Gasteiger partial charge >= 0.3 is 0 Å². The number of benzene rings is 1. The molecule has 1 fully saturated rings. The molecule has 1 N–H and O–H groups in total. The number of carbonyl (C=O) groups is 1. The molecule has 0 radical (unpaired) electrons. The van der Waals surface area contributed by atoms with E-state index in [0.29, 0.717) is 13.1 Å². The lowest BCUT2D eigenvalue weighted by Gasteiger charge is -2.36. The summed E-state index contributed by atoms with van der Waals surface area (Å²) in [7, 11) is 1.52. The van der Waals surface area contributed by atoms with Crippen LogP contribution in [0.4, 0.5) is 5.69 Å². The van der Waals surface area contributed by atoms with Crippen molar-refractivity contribution in [2.45, 2.75) is 0 Å². The van der Waals surface area contributed by atoms with Gasteiger partial charge in [-0.1, -0.05) is 12.1 Å². The van der Waals surface area contributed by atoms with Gasteiger partial charge in [-0.2, -0.15) is 0 Å². The number of phenols is 1.